The van der Waals surface area contributed by atoms with Crippen LogP contribution in [-0.2, 0) is 0 Å². The summed E-state index contributed by atoms with van der Waals surface area (Å²) in [7, 11) is 0. The lowest BCUT2D eigenvalue weighted by atomic mass is 10.1. The van der Waals surface area contributed by atoms with Crippen LogP contribution in [0.3, 0.4) is 0 Å². The number of hydrogen-bond donors (Lipinski definition) is 1. The van der Waals surface area contributed by atoms with Crippen LogP contribution in [0.5, 0.6) is 0 Å². The highest BCUT2D eigenvalue weighted by Crippen LogP contribution is 2.18. The Morgan fingerprint density at radius 2 is 2.13 bits per heavy atom. The number of aliphatic imine (C=N–C) groups is 2. The van der Waals surface area contributed by atoms with Gasteiger partial charge in [0.05, 0.1) is 19.4 Å². The van der Waals surface area contributed by atoms with Gasteiger partial charge in [-0.25, -0.2) is 9.98 Å². The minimum Gasteiger partial charge on any atom is -0.378 e. The Balaban J connectivity index is 1.63. The van der Waals surface area contributed by atoms with Gasteiger partial charge in [-0.05, 0) is 43.2 Å². The molecular formula is C18H21N5. The van der Waals surface area contributed by atoms with Gasteiger partial charge in [-0.2, -0.15) is 0 Å². The SMILES string of the molecule is Cc1cccc(NCC2=NCCN2/C=N\c2ccccn2)c1C. The maximum absolute atomic E-state index is 4.56. The van der Waals surface area contributed by atoms with Crippen molar-refractivity contribution in [3.8, 4) is 0 Å². The van der Waals surface area contributed by atoms with Gasteiger partial charge in [-0.1, -0.05) is 18.2 Å². The zero-order chi connectivity index (χ0) is 16.1. The first-order valence-electron chi connectivity index (χ1n) is 7.79. The van der Waals surface area contributed by atoms with Crippen LogP contribution in [0, 0.1) is 13.8 Å². The molecule has 0 unspecified atom stereocenters. The van der Waals surface area contributed by atoms with Crippen LogP contribution in [0.15, 0.2) is 52.6 Å². The number of aromatic nitrogens is 1. The second-order valence-corrected chi connectivity index (χ2v) is 5.52. The van der Waals surface area contributed by atoms with Gasteiger partial charge in [0.25, 0.3) is 0 Å². The summed E-state index contributed by atoms with van der Waals surface area (Å²) in [4.78, 5) is 15.2. The Hall–Kier alpha value is -2.69. The number of pyridine rings is 1. The second kappa shape index (κ2) is 7.05. The zero-order valence-corrected chi connectivity index (χ0v) is 13.5. The quantitative estimate of drug-likeness (QED) is 0.682. The molecule has 1 aromatic carbocycles. The smallest absolute Gasteiger partial charge is 0.153 e. The first-order valence-corrected chi connectivity index (χ1v) is 7.79. The number of benzene rings is 1. The lowest BCUT2D eigenvalue weighted by Crippen LogP contribution is -2.31. The minimum absolute atomic E-state index is 0.693. The van der Waals surface area contributed by atoms with E-state index in [1.54, 1.807) is 6.20 Å². The molecular weight excluding hydrogens is 286 g/mol. The molecule has 1 N–H and O–H groups in total. The van der Waals surface area contributed by atoms with Crippen molar-refractivity contribution in [1.82, 2.24) is 9.88 Å². The molecule has 1 aromatic heterocycles. The third-order valence-electron chi connectivity index (χ3n) is 3.99. The Morgan fingerprint density at radius 3 is 2.96 bits per heavy atom. The summed E-state index contributed by atoms with van der Waals surface area (Å²) in [6.07, 6.45) is 3.56. The number of nitrogens with zero attached hydrogens (tertiary/aromatic N) is 4. The fourth-order valence-electron chi connectivity index (χ4n) is 2.46. The summed E-state index contributed by atoms with van der Waals surface area (Å²) >= 11 is 0. The molecule has 0 radical (unpaired) electrons. The van der Waals surface area contributed by atoms with E-state index in [0.29, 0.717) is 12.4 Å². The Bertz CT molecular complexity index is 721. The third kappa shape index (κ3) is 3.74. The van der Waals surface area contributed by atoms with Crippen molar-refractivity contribution in [3.05, 3.63) is 53.7 Å². The van der Waals surface area contributed by atoms with Crippen LogP contribution >= 0.6 is 0 Å². The van der Waals surface area contributed by atoms with E-state index in [2.05, 4.69) is 57.2 Å². The zero-order valence-electron chi connectivity index (χ0n) is 13.5. The van der Waals surface area contributed by atoms with E-state index in [0.717, 1.165) is 24.6 Å². The third-order valence-corrected chi connectivity index (χ3v) is 3.99. The molecule has 1 aliphatic rings. The normalized spacial score (nSPS) is 14.3. The van der Waals surface area contributed by atoms with Gasteiger partial charge in [0.1, 0.15) is 5.84 Å². The van der Waals surface area contributed by atoms with Gasteiger partial charge < -0.3 is 10.2 Å². The average Bonchev–Trinajstić information content (AvgIpc) is 3.03. The first kappa shape index (κ1) is 15.2. The van der Waals surface area contributed by atoms with Crippen LogP contribution in [0.2, 0.25) is 0 Å². The molecule has 2 aromatic rings. The van der Waals surface area contributed by atoms with Crippen molar-refractivity contribution >= 4 is 23.7 Å². The fraction of sp³-hybridized carbons (Fsp3) is 0.278. The van der Waals surface area contributed by atoms with Crippen LogP contribution in [0.4, 0.5) is 11.5 Å². The number of anilines is 1. The van der Waals surface area contributed by atoms with Gasteiger partial charge in [-0.3, -0.25) is 4.99 Å². The van der Waals surface area contributed by atoms with E-state index >= 15 is 0 Å². The highest BCUT2D eigenvalue weighted by atomic mass is 15.3. The van der Waals surface area contributed by atoms with E-state index < -0.39 is 0 Å². The van der Waals surface area contributed by atoms with E-state index in [-0.39, 0.29) is 0 Å². The highest BCUT2D eigenvalue weighted by Gasteiger charge is 2.15. The summed E-state index contributed by atoms with van der Waals surface area (Å²) in [5, 5.41) is 3.47. The second-order valence-electron chi connectivity index (χ2n) is 5.52. The summed E-state index contributed by atoms with van der Waals surface area (Å²) < 4.78 is 0. The van der Waals surface area contributed by atoms with Crippen LogP contribution < -0.4 is 5.32 Å². The predicted molar refractivity (Wildman–Crippen MR) is 95.8 cm³/mol. The standard InChI is InChI=1S/C18H21N5/c1-14-6-5-7-16(15(14)2)21-12-18-20-10-11-23(18)13-22-17-8-3-4-9-19-17/h3-9,13,21H,10-12H2,1-2H3/b22-13-. The lowest BCUT2D eigenvalue weighted by molar-refractivity contribution is 0.677. The van der Waals surface area contributed by atoms with Crippen LogP contribution in [0.1, 0.15) is 11.1 Å². The molecule has 0 saturated heterocycles. The van der Waals surface area contributed by atoms with Crippen LogP contribution in [-0.4, -0.2) is 41.7 Å². The molecule has 0 saturated carbocycles. The molecule has 0 bridgehead atoms. The van der Waals surface area contributed by atoms with E-state index in [4.69, 9.17) is 0 Å². The van der Waals surface area contributed by atoms with E-state index in [1.807, 2.05) is 24.5 Å². The summed E-state index contributed by atoms with van der Waals surface area (Å²) in [5.74, 6) is 1.71. The molecule has 1 aliphatic heterocycles. The lowest BCUT2D eigenvalue weighted by Gasteiger charge is -2.17. The molecule has 5 heteroatoms. The van der Waals surface area contributed by atoms with Gasteiger partial charge in [0.2, 0.25) is 0 Å². The topological polar surface area (TPSA) is 52.9 Å². The Kier molecular flexibility index (Phi) is 4.66. The van der Waals surface area contributed by atoms with Crippen molar-refractivity contribution in [3.63, 3.8) is 0 Å². The average molecular weight is 307 g/mol. The monoisotopic (exact) mass is 307 g/mol. The highest BCUT2D eigenvalue weighted by molar-refractivity contribution is 5.96. The number of hydrogen-bond acceptors (Lipinski definition) is 4. The molecule has 5 nitrogen and oxygen atoms in total. The van der Waals surface area contributed by atoms with Gasteiger partial charge in [0, 0.05) is 18.4 Å². The van der Waals surface area contributed by atoms with E-state index in [1.165, 1.54) is 11.1 Å². The summed E-state index contributed by atoms with van der Waals surface area (Å²) in [5.41, 5.74) is 3.72. The maximum atomic E-state index is 4.56. The van der Waals surface area contributed by atoms with Crippen molar-refractivity contribution in [2.75, 3.05) is 25.0 Å². The first-order chi connectivity index (χ1) is 11.2. The minimum atomic E-state index is 0.693. The van der Waals surface area contributed by atoms with Crippen LogP contribution in [0.25, 0.3) is 0 Å². The van der Waals surface area contributed by atoms with Crippen molar-refractivity contribution < 1.29 is 0 Å². The number of nitrogens with one attached hydrogen (secondary N) is 1. The van der Waals surface area contributed by atoms with Gasteiger partial charge in [0.15, 0.2) is 5.82 Å². The van der Waals surface area contributed by atoms with Crippen molar-refractivity contribution in [2.45, 2.75) is 13.8 Å². The summed E-state index contributed by atoms with van der Waals surface area (Å²) in [6.45, 7) is 6.62. The fourth-order valence-corrected chi connectivity index (χ4v) is 2.46. The molecule has 2 heterocycles. The summed E-state index contributed by atoms with van der Waals surface area (Å²) in [6, 6.07) is 12.0. The van der Waals surface area contributed by atoms with Crippen molar-refractivity contribution in [2.24, 2.45) is 9.98 Å². The molecule has 3 rings (SSSR count). The molecule has 0 aliphatic carbocycles. The molecule has 0 fully saturated rings. The number of amidine groups is 1. The number of aryl methyl sites for hydroxylation is 1. The number of rotatable bonds is 5. The van der Waals surface area contributed by atoms with Gasteiger partial charge >= 0.3 is 0 Å². The van der Waals surface area contributed by atoms with E-state index in [9.17, 15) is 0 Å². The van der Waals surface area contributed by atoms with Gasteiger partial charge in [-0.15, -0.1) is 0 Å². The molecule has 0 amide bonds. The molecule has 118 valence electrons. The largest absolute Gasteiger partial charge is 0.378 e. The predicted octanol–water partition coefficient (Wildman–Crippen LogP) is 3.18. The molecule has 23 heavy (non-hydrogen) atoms. The molecule has 0 spiro atoms. The molecule has 0 atom stereocenters. The Labute approximate surface area is 136 Å². The maximum Gasteiger partial charge on any atom is 0.153 e. The Morgan fingerprint density at radius 1 is 1.22 bits per heavy atom. The van der Waals surface area contributed by atoms with Crippen molar-refractivity contribution in [1.29, 1.82) is 0 Å².